The summed E-state index contributed by atoms with van der Waals surface area (Å²) in [7, 11) is 0. The quantitative estimate of drug-likeness (QED) is 0.150. The van der Waals surface area contributed by atoms with Crippen molar-refractivity contribution in [2.45, 2.75) is 24.7 Å². The monoisotopic (exact) mass is 844 g/mol. The molecule has 2 heteroatoms. The normalized spacial score (nSPS) is 13.8. The molecule has 0 atom stereocenters. The van der Waals surface area contributed by atoms with Crippen LogP contribution in [0.5, 0.6) is 0 Å². The van der Waals surface area contributed by atoms with Crippen molar-refractivity contribution in [3.8, 4) is 33.4 Å². The molecular weight excluding hydrogens is 797 g/mol. The average molecular weight is 845 g/mol. The smallest absolute Gasteiger partial charge is 0.0713 e. The van der Waals surface area contributed by atoms with E-state index in [1.807, 2.05) is 0 Å². The van der Waals surface area contributed by atoms with Gasteiger partial charge in [0.2, 0.25) is 0 Å². The third-order valence-corrected chi connectivity index (χ3v) is 14.2. The van der Waals surface area contributed by atoms with Crippen LogP contribution in [0.25, 0.3) is 33.4 Å². The minimum absolute atomic E-state index is 0.275. The molecule has 2 aliphatic rings. The summed E-state index contributed by atoms with van der Waals surface area (Å²) in [5, 5.41) is 0. The maximum Gasteiger partial charge on any atom is 0.0713 e. The first-order valence-electron chi connectivity index (χ1n) is 23.0. The van der Waals surface area contributed by atoms with Gasteiger partial charge in [0.05, 0.1) is 16.8 Å². The first kappa shape index (κ1) is 39.4. The first-order valence-corrected chi connectivity index (χ1v) is 23.0. The Balaban J connectivity index is 0.987. The third kappa shape index (κ3) is 6.25. The average Bonchev–Trinajstić information content (AvgIpc) is 3.69. The number of fused-ring (bicyclic) bond motifs is 5. The Kier molecular flexibility index (Phi) is 9.43. The fourth-order valence-electron chi connectivity index (χ4n) is 11.0. The van der Waals surface area contributed by atoms with E-state index < -0.39 is 5.41 Å². The van der Waals surface area contributed by atoms with Crippen LogP contribution in [-0.2, 0) is 10.8 Å². The van der Waals surface area contributed by atoms with Gasteiger partial charge < -0.3 is 9.80 Å². The molecule has 2 nitrogen and oxygen atoms in total. The Morgan fingerprint density at radius 1 is 0.318 bits per heavy atom. The van der Waals surface area contributed by atoms with Crippen LogP contribution in [0.2, 0.25) is 0 Å². The van der Waals surface area contributed by atoms with Crippen LogP contribution >= 0.6 is 0 Å². The summed E-state index contributed by atoms with van der Waals surface area (Å²) < 4.78 is 0. The van der Waals surface area contributed by atoms with Gasteiger partial charge in [0.15, 0.2) is 0 Å². The number of anilines is 6. The Hall–Kier alpha value is -8.20. The number of para-hydroxylation sites is 1. The molecule has 0 bridgehead atoms. The van der Waals surface area contributed by atoms with Crippen molar-refractivity contribution in [3.05, 3.63) is 288 Å². The molecule has 314 valence electrons. The van der Waals surface area contributed by atoms with E-state index in [4.69, 9.17) is 0 Å². The Morgan fingerprint density at radius 2 is 0.727 bits per heavy atom. The van der Waals surface area contributed by atoms with E-state index >= 15 is 0 Å². The third-order valence-electron chi connectivity index (χ3n) is 14.2. The molecule has 0 N–H and O–H groups in total. The highest BCUT2D eigenvalue weighted by atomic mass is 15.2. The van der Waals surface area contributed by atoms with Gasteiger partial charge in [-0.3, -0.25) is 0 Å². The predicted octanol–water partition coefficient (Wildman–Crippen LogP) is 17.0. The van der Waals surface area contributed by atoms with E-state index in [0.29, 0.717) is 0 Å². The lowest BCUT2D eigenvalue weighted by Crippen LogP contribution is -2.33. The Bertz CT molecular complexity index is 3230. The van der Waals surface area contributed by atoms with E-state index in [9.17, 15) is 0 Å². The van der Waals surface area contributed by atoms with Crippen LogP contribution in [0.4, 0.5) is 34.1 Å². The number of benzene rings is 10. The molecule has 1 aliphatic heterocycles. The summed E-state index contributed by atoms with van der Waals surface area (Å²) in [5.41, 5.74) is 21.3. The maximum atomic E-state index is 2.53. The van der Waals surface area contributed by atoms with Gasteiger partial charge in [-0.15, -0.1) is 0 Å². The van der Waals surface area contributed by atoms with Crippen molar-refractivity contribution in [1.29, 1.82) is 0 Å². The molecule has 10 aromatic rings. The second kappa shape index (κ2) is 15.8. The molecule has 10 aromatic carbocycles. The van der Waals surface area contributed by atoms with Gasteiger partial charge in [-0.05, 0) is 127 Å². The summed E-state index contributed by atoms with van der Waals surface area (Å²) in [6, 6.07) is 93.6. The number of rotatable bonds is 8. The molecular formula is C64H48N2. The van der Waals surface area contributed by atoms with Gasteiger partial charge in [-0.25, -0.2) is 0 Å². The molecule has 0 fully saturated rings. The van der Waals surface area contributed by atoms with E-state index in [1.165, 1.54) is 78.1 Å². The standard InChI is InChI=1S/C64H48N2/c1-63(2)59-28-16-17-29-61(59)66(62-43-34-50(44-60(62)63)64(49-22-10-5-11-23-49)57-26-14-12-24-55(57)56-25-13-15-27-58(56)64)54-41-39-53(40-42-54)65(51-35-30-47(31-36-51)45-18-6-3-7-19-45)52-37-32-48(33-38-52)46-20-8-4-9-21-46/h3-44H,1-2H3. The highest BCUT2D eigenvalue weighted by Gasteiger charge is 2.47. The predicted molar refractivity (Wildman–Crippen MR) is 276 cm³/mol. The van der Waals surface area contributed by atoms with Crippen LogP contribution in [0.15, 0.2) is 255 Å². The van der Waals surface area contributed by atoms with Crippen molar-refractivity contribution in [3.63, 3.8) is 0 Å². The molecule has 0 spiro atoms. The van der Waals surface area contributed by atoms with Gasteiger partial charge in [0, 0.05) is 28.2 Å². The lowest BCUT2D eigenvalue weighted by atomic mass is 9.65. The molecule has 0 unspecified atom stereocenters. The van der Waals surface area contributed by atoms with Gasteiger partial charge in [0.1, 0.15) is 0 Å². The van der Waals surface area contributed by atoms with Crippen molar-refractivity contribution < 1.29 is 0 Å². The lowest BCUT2D eigenvalue weighted by Gasteiger charge is -2.43. The molecule has 0 aromatic heterocycles. The van der Waals surface area contributed by atoms with Crippen LogP contribution in [-0.4, -0.2) is 0 Å². The van der Waals surface area contributed by atoms with E-state index in [1.54, 1.807) is 0 Å². The molecule has 0 saturated heterocycles. The number of nitrogens with zero attached hydrogens (tertiary/aromatic N) is 2. The van der Waals surface area contributed by atoms with E-state index in [-0.39, 0.29) is 5.41 Å². The van der Waals surface area contributed by atoms with Crippen molar-refractivity contribution in [2.75, 3.05) is 9.80 Å². The van der Waals surface area contributed by atoms with E-state index in [0.717, 1.165) is 22.7 Å². The number of hydrogen-bond donors (Lipinski definition) is 0. The van der Waals surface area contributed by atoms with Crippen LogP contribution in [0, 0.1) is 0 Å². The molecule has 12 rings (SSSR count). The molecule has 1 heterocycles. The highest BCUT2D eigenvalue weighted by molar-refractivity contribution is 5.90. The first-order chi connectivity index (χ1) is 32.5. The van der Waals surface area contributed by atoms with Crippen LogP contribution < -0.4 is 9.80 Å². The van der Waals surface area contributed by atoms with Crippen LogP contribution in [0.3, 0.4) is 0 Å². The van der Waals surface area contributed by atoms with Gasteiger partial charge in [-0.1, -0.05) is 208 Å². The Labute approximate surface area is 388 Å². The topological polar surface area (TPSA) is 6.48 Å². The minimum atomic E-state index is -0.481. The largest absolute Gasteiger partial charge is 0.311 e. The maximum absolute atomic E-state index is 2.53. The van der Waals surface area contributed by atoms with Gasteiger partial charge in [0.25, 0.3) is 0 Å². The lowest BCUT2D eigenvalue weighted by molar-refractivity contribution is 0.627. The summed E-state index contributed by atoms with van der Waals surface area (Å²) in [6.07, 6.45) is 0. The molecule has 0 saturated carbocycles. The van der Waals surface area contributed by atoms with Crippen molar-refractivity contribution in [2.24, 2.45) is 0 Å². The van der Waals surface area contributed by atoms with Crippen molar-refractivity contribution in [1.82, 2.24) is 0 Å². The second-order valence-corrected chi connectivity index (χ2v) is 18.1. The summed E-state index contributed by atoms with van der Waals surface area (Å²) >= 11 is 0. The summed E-state index contributed by atoms with van der Waals surface area (Å²) in [6.45, 7) is 4.79. The van der Waals surface area contributed by atoms with Crippen LogP contribution in [0.1, 0.15) is 47.2 Å². The SMILES string of the molecule is CC1(C)c2ccccc2N(c2ccc(N(c3ccc(-c4ccccc4)cc3)c3ccc(-c4ccccc4)cc3)cc2)c2ccc(C3(c4ccccc4)c4ccccc4-c4ccccc43)cc21. The molecule has 1 aliphatic carbocycles. The summed E-state index contributed by atoms with van der Waals surface area (Å²) in [4.78, 5) is 4.84. The number of hydrogen-bond acceptors (Lipinski definition) is 2. The zero-order chi connectivity index (χ0) is 44.2. The van der Waals surface area contributed by atoms with Crippen molar-refractivity contribution >= 4 is 34.1 Å². The zero-order valence-electron chi connectivity index (χ0n) is 37.1. The highest BCUT2D eigenvalue weighted by Crippen LogP contribution is 2.59. The van der Waals surface area contributed by atoms with Gasteiger partial charge in [-0.2, -0.15) is 0 Å². The molecule has 0 radical (unpaired) electrons. The minimum Gasteiger partial charge on any atom is -0.311 e. The zero-order valence-corrected chi connectivity index (χ0v) is 37.1. The summed E-state index contributed by atoms with van der Waals surface area (Å²) in [5.74, 6) is 0. The molecule has 0 amide bonds. The fourth-order valence-corrected chi connectivity index (χ4v) is 11.0. The van der Waals surface area contributed by atoms with E-state index in [2.05, 4.69) is 278 Å². The fraction of sp³-hybridized carbons (Fsp3) is 0.0625. The Morgan fingerprint density at radius 3 is 1.26 bits per heavy atom. The second-order valence-electron chi connectivity index (χ2n) is 18.1. The van der Waals surface area contributed by atoms with Gasteiger partial charge >= 0.3 is 0 Å². The molecule has 66 heavy (non-hydrogen) atoms.